The smallest absolute Gasteiger partial charge is 0.303 e. The van der Waals surface area contributed by atoms with Crippen LogP contribution in [0.25, 0.3) is 0 Å². The minimum atomic E-state index is -0.792. The van der Waals surface area contributed by atoms with Crippen LogP contribution in [0.3, 0.4) is 0 Å². The highest BCUT2D eigenvalue weighted by molar-refractivity contribution is 5.66. The average Bonchev–Trinajstić information content (AvgIpc) is 2.77. The molecule has 7 nitrogen and oxygen atoms in total. The van der Waals surface area contributed by atoms with Crippen LogP contribution in [0.1, 0.15) is 29.9 Å². The lowest BCUT2D eigenvalue weighted by atomic mass is 10.2. The molecular formula is C15H19N5O2. The van der Waals surface area contributed by atoms with Crippen molar-refractivity contribution in [2.24, 2.45) is 0 Å². The number of rotatable bonds is 4. The van der Waals surface area contributed by atoms with Gasteiger partial charge in [0.25, 0.3) is 0 Å². The lowest BCUT2D eigenvalue weighted by molar-refractivity contribution is -0.136. The van der Waals surface area contributed by atoms with E-state index in [1.807, 2.05) is 29.8 Å². The molecule has 0 atom stereocenters. The predicted octanol–water partition coefficient (Wildman–Crippen LogP) is 1.41. The van der Waals surface area contributed by atoms with E-state index in [1.165, 1.54) is 0 Å². The maximum atomic E-state index is 10.7. The van der Waals surface area contributed by atoms with Gasteiger partial charge < -0.3 is 10.0 Å². The number of carboxylic acid groups (broad SMARTS) is 1. The Morgan fingerprint density at radius 1 is 1.32 bits per heavy atom. The van der Waals surface area contributed by atoms with Crippen molar-refractivity contribution in [2.45, 2.75) is 39.3 Å². The summed E-state index contributed by atoms with van der Waals surface area (Å²) in [5, 5.41) is 21.7. The van der Waals surface area contributed by atoms with Gasteiger partial charge in [-0.25, -0.2) is 0 Å². The highest BCUT2D eigenvalue weighted by Gasteiger charge is 2.18. The van der Waals surface area contributed by atoms with E-state index >= 15 is 0 Å². The SMILES string of the molecule is Cc1ccc(N2CCCn3nc(CCC(=O)O)cc3C2)nn1. The van der Waals surface area contributed by atoms with E-state index in [4.69, 9.17) is 5.11 Å². The van der Waals surface area contributed by atoms with Crippen LogP contribution in [0.2, 0.25) is 0 Å². The molecule has 0 saturated carbocycles. The summed E-state index contributed by atoms with van der Waals surface area (Å²) in [4.78, 5) is 12.9. The number of hydrogen-bond donors (Lipinski definition) is 1. The van der Waals surface area contributed by atoms with Gasteiger partial charge in [-0.1, -0.05) is 0 Å². The molecule has 22 heavy (non-hydrogen) atoms. The number of carbonyl (C=O) groups is 1. The van der Waals surface area contributed by atoms with Gasteiger partial charge in [0.2, 0.25) is 0 Å². The summed E-state index contributed by atoms with van der Waals surface area (Å²) in [5.74, 6) is 0.0760. The summed E-state index contributed by atoms with van der Waals surface area (Å²) in [6.45, 7) is 4.39. The second kappa shape index (κ2) is 6.13. The van der Waals surface area contributed by atoms with Gasteiger partial charge in [-0.2, -0.15) is 10.2 Å². The average molecular weight is 301 g/mol. The van der Waals surface area contributed by atoms with Gasteiger partial charge in [0, 0.05) is 19.5 Å². The Morgan fingerprint density at radius 2 is 2.18 bits per heavy atom. The minimum absolute atomic E-state index is 0.115. The third-order valence-electron chi connectivity index (χ3n) is 3.77. The molecule has 0 aliphatic carbocycles. The first-order valence-corrected chi connectivity index (χ1v) is 7.44. The zero-order chi connectivity index (χ0) is 15.5. The van der Waals surface area contributed by atoms with E-state index in [2.05, 4.69) is 20.2 Å². The highest BCUT2D eigenvalue weighted by atomic mass is 16.4. The number of hydrogen-bond acceptors (Lipinski definition) is 5. The molecule has 0 amide bonds. The molecular weight excluding hydrogens is 282 g/mol. The Morgan fingerprint density at radius 3 is 2.91 bits per heavy atom. The van der Waals surface area contributed by atoms with Gasteiger partial charge in [-0.3, -0.25) is 9.48 Å². The van der Waals surface area contributed by atoms with Gasteiger partial charge in [0.15, 0.2) is 5.82 Å². The Hall–Kier alpha value is -2.44. The number of aliphatic carboxylic acids is 1. The molecule has 0 radical (unpaired) electrons. The molecule has 3 heterocycles. The number of nitrogens with zero attached hydrogens (tertiary/aromatic N) is 5. The van der Waals surface area contributed by atoms with Crippen molar-refractivity contribution >= 4 is 11.8 Å². The third-order valence-corrected chi connectivity index (χ3v) is 3.77. The molecule has 116 valence electrons. The van der Waals surface area contributed by atoms with Gasteiger partial charge in [-0.05, 0) is 31.5 Å². The molecule has 1 aliphatic rings. The minimum Gasteiger partial charge on any atom is -0.481 e. The predicted molar refractivity (Wildman–Crippen MR) is 80.6 cm³/mol. The number of aryl methyl sites for hydroxylation is 3. The molecule has 1 aliphatic heterocycles. The van der Waals surface area contributed by atoms with Crippen LogP contribution >= 0.6 is 0 Å². The summed E-state index contributed by atoms with van der Waals surface area (Å²) in [6, 6.07) is 5.95. The topological polar surface area (TPSA) is 84.1 Å². The molecule has 1 N–H and O–H groups in total. The summed E-state index contributed by atoms with van der Waals surface area (Å²) < 4.78 is 1.98. The summed E-state index contributed by atoms with van der Waals surface area (Å²) in [7, 11) is 0. The molecule has 0 fully saturated rings. The van der Waals surface area contributed by atoms with Crippen LogP contribution in [0, 0.1) is 6.92 Å². The first-order chi connectivity index (χ1) is 10.6. The molecule has 0 aromatic carbocycles. The molecule has 0 unspecified atom stereocenters. The Bertz CT molecular complexity index is 665. The summed E-state index contributed by atoms with van der Waals surface area (Å²) in [6.07, 6.45) is 1.56. The van der Waals surface area contributed by atoms with Crippen molar-refractivity contribution in [2.75, 3.05) is 11.4 Å². The van der Waals surface area contributed by atoms with Crippen molar-refractivity contribution < 1.29 is 9.90 Å². The lowest BCUT2D eigenvalue weighted by Gasteiger charge is -2.20. The second-order valence-corrected chi connectivity index (χ2v) is 5.55. The van der Waals surface area contributed by atoms with E-state index in [-0.39, 0.29) is 6.42 Å². The molecule has 0 spiro atoms. The number of carboxylic acids is 1. The Balaban J connectivity index is 1.76. The van der Waals surface area contributed by atoms with E-state index in [0.29, 0.717) is 6.42 Å². The molecule has 0 bridgehead atoms. The number of aromatic nitrogens is 4. The van der Waals surface area contributed by atoms with Crippen molar-refractivity contribution in [1.82, 2.24) is 20.0 Å². The quantitative estimate of drug-likeness (QED) is 0.919. The van der Waals surface area contributed by atoms with Crippen LogP contribution in [-0.2, 0) is 24.3 Å². The second-order valence-electron chi connectivity index (χ2n) is 5.55. The fraction of sp³-hybridized carbons (Fsp3) is 0.467. The normalized spacial score (nSPS) is 14.5. The van der Waals surface area contributed by atoms with Crippen LogP contribution < -0.4 is 4.90 Å². The summed E-state index contributed by atoms with van der Waals surface area (Å²) >= 11 is 0. The standard InChI is InChI=1S/C15H19N5O2/c1-11-3-5-14(17-16-11)19-7-2-8-20-13(10-19)9-12(18-20)4-6-15(21)22/h3,5,9H,2,4,6-8,10H2,1H3,(H,21,22). The molecule has 3 rings (SSSR count). The first kappa shape index (κ1) is 14.5. The summed E-state index contributed by atoms with van der Waals surface area (Å²) in [5.41, 5.74) is 2.84. The highest BCUT2D eigenvalue weighted by Crippen LogP contribution is 2.19. The Labute approximate surface area is 128 Å². The fourth-order valence-corrected chi connectivity index (χ4v) is 2.64. The monoisotopic (exact) mass is 301 g/mol. The fourth-order valence-electron chi connectivity index (χ4n) is 2.64. The first-order valence-electron chi connectivity index (χ1n) is 7.44. The van der Waals surface area contributed by atoms with Crippen LogP contribution in [0.15, 0.2) is 18.2 Å². The van der Waals surface area contributed by atoms with Crippen molar-refractivity contribution in [1.29, 1.82) is 0 Å². The molecule has 2 aromatic heterocycles. The molecule has 0 saturated heterocycles. The van der Waals surface area contributed by atoms with Gasteiger partial charge in [0.1, 0.15) is 0 Å². The van der Waals surface area contributed by atoms with E-state index < -0.39 is 5.97 Å². The Kier molecular flexibility index (Phi) is 4.04. The van der Waals surface area contributed by atoms with E-state index in [0.717, 1.165) is 49.0 Å². The molecule has 2 aromatic rings. The van der Waals surface area contributed by atoms with Gasteiger partial charge in [0.05, 0.1) is 30.0 Å². The van der Waals surface area contributed by atoms with Gasteiger partial charge >= 0.3 is 5.97 Å². The third kappa shape index (κ3) is 3.24. The maximum Gasteiger partial charge on any atom is 0.303 e. The van der Waals surface area contributed by atoms with Crippen molar-refractivity contribution in [3.8, 4) is 0 Å². The lowest BCUT2D eigenvalue weighted by Crippen LogP contribution is -2.23. The number of fused-ring (bicyclic) bond motifs is 1. The van der Waals surface area contributed by atoms with Crippen LogP contribution in [0.4, 0.5) is 5.82 Å². The van der Waals surface area contributed by atoms with E-state index in [9.17, 15) is 4.79 Å². The zero-order valence-electron chi connectivity index (χ0n) is 12.6. The van der Waals surface area contributed by atoms with Crippen molar-refractivity contribution in [3.63, 3.8) is 0 Å². The van der Waals surface area contributed by atoms with Crippen LogP contribution in [-0.4, -0.2) is 37.6 Å². The maximum absolute atomic E-state index is 10.7. The largest absolute Gasteiger partial charge is 0.481 e. The van der Waals surface area contributed by atoms with Crippen molar-refractivity contribution in [3.05, 3.63) is 35.3 Å². The molecule has 7 heteroatoms. The number of anilines is 1. The zero-order valence-corrected chi connectivity index (χ0v) is 12.6. The van der Waals surface area contributed by atoms with Gasteiger partial charge in [-0.15, -0.1) is 5.10 Å². The van der Waals surface area contributed by atoms with E-state index in [1.54, 1.807) is 0 Å². The van der Waals surface area contributed by atoms with Crippen LogP contribution in [0.5, 0.6) is 0 Å².